The van der Waals surface area contributed by atoms with Gasteiger partial charge in [0.15, 0.2) is 0 Å². The third-order valence-corrected chi connectivity index (χ3v) is 4.38. The van der Waals surface area contributed by atoms with Crippen molar-refractivity contribution >= 4 is 29.0 Å². The van der Waals surface area contributed by atoms with Crippen LogP contribution in [0.1, 0.15) is 27.2 Å². The quantitative estimate of drug-likeness (QED) is 0.533. The Morgan fingerprint density at radius 1 is 1.10 bits per heavy atom. The molecule has 4 aromatic rings. The average molecular weight is 390 g/mol. The van der Waals surface area contributed by atoms with Crippen LogP contribution in [0.2, 0.25) is 0 Å². The lowest BCUT2D eigenvalue weighted by atomic mass is 10.1. The second-order valence-electron chi connectivity index (χ2n) is 6.42. The summed E-state index contributed by atoms with van der Waals surface area (Å²) in [5.41, 5.74) is 2.38. The van der Waals surface area contributed by atoms with Crippen molar-refractivity contribution in [2.45, 2.75) is 6.54 Å². The summed E-state index contributed by atoms with van der Waals surface area (Å²) in [7, 11) is 0. The number of carbonyl (C=O) groups is 1. The topological polar surface area (TPSA) is 70.7 Å². The Hall–Kier alpha value is -3.87. The molecule has 7 heteroatoms. The third kappa shape index (κ3) is 4.19. The number of fused-ring (bicyclic) bond motifs is 1. The van der Waals surface area contributed by atoms with Crippen LogP contribution in [0.5, 0.6) is 0 Å². The fraction of sp³-hybridized carbons (Fsp3) is 0.0455. The van der Waals surface area contributed by atoms with Gasteiger partial charge in [-0.3, -0.25) is 14.9 Å². The van der Waals surface area contributed by atoms with Crippen LogP contribution in [0.15, 0.2) is 60.9 Å². The molecule has 2 N–H and O–H groups in total. The molecule has 144 valence electrons. The second-order valence-corrected chi connectivity index (χ2v) is 6.42. The number of rotatable bonds is 5. The fourth-order valence-electron chi connectivity index (χ4n) is 2.93. The molecular weight excluding hydrogens is 374 g/mol. The molecule has 0 spiro atoms. The maximum atomic E-state index is 14.4. The number of carbonyl (C=O) groups excluding carboxylic acids is 1. The number of hydrogen-bond donors (Lipinski definition) is 2. The molecule has 0 unspecified atom stereocenters. The lowest BCUT2D eigenvalue weighted by Gasteiger charge is -2.06. The van der Waals surface area contributed by atoms with Crippen LogP contribution in [-0.2, 0) is 6.54 Å². The van der Waals surface area contributed by atoms with E-state index in [0.717, 1.165) is 5.56 Å². The summed E-state index contributed by atoms with van der Waals surface area (Å²) in [6.07, 6.45) is 6.65. The first-order valence-corrected chi connectivity index (χ1v) is 8.88. The van der Waals surface area contributed by atoms with Crippen LogP contribution in [0.3, 0.4) is 0 Å². The molecule has 0 saturated heterocycles. The van der Waals surface area contributed by atoms with Gasteiger partial charge in [-0.05, 0) is 41.5 Å². The summed E-state index contributed by atoms with van der Waals surface area (Å²) < 4.78 is 27.7. The predicted octanol–water partition coefficient (Wildman–Crippen LogP) is 4.34. The summed E-state index contributed by atoms with van der Waals surface area (Å²) in [4.78, 5) is 16.5. The zero-order valence-corrected chi connectivity index (χ0v) is 15.2. The Balaban J connectivity index is 1.59. The highest BCUT2D eigenvalue weighted by Gasteiger charge is 2.15. The van der Waals surface area contributed by atoms with Crippen molar-refractivity contribution < 1.29 is 13.6 Å². The molecule has 0 bridgehead atoms. The van der Waals surface area contributed by atoms with E-state index in [1.807, 2.05) is 6.07 Å². The summed E-state index contributed by atoms with van der Waals surface area (Å²) in [5, 5.41) is 10.2. The molecule has 29 heavy (non-hydrogen) atoms. The highest BCUT2D eigenvalue weighted by Crippen LogP contribution is 2.22. The molecule has 0 aliphatic rings. The molecule has 2 aromatic heterocycles. The predicted molar refractivity (Wildman–Crippen MR) is 107 cm³/mol. The van der Waals surface area contributed by atoms with E-state index in [-0.39, 0.29) is 17.9 Å². The van der Waals surface area contributed by atoms with Crippen LogP contribution in [0.4, 0.5) is 8.78 Å². The molecule has 2 heterocycles. The number of aromatic amines is 1. The lowest BCUT2D eigenvalue weighted by molar-refractivity contribution is 0.0947. The van der Waals surface area contributed by atoms with Gasteiger partial charge in [-0.1, -0.05) is 24.3 Å². The van der Waals surface area contributed by atoms with Crippen molar-refractivity contribution in [3.8, 4) is 0 Å². The van der Waals surface area contributed by atoms with Crippen molar-refractivity contribution in [2.75, 3.05) is 0 Å². The van der Waals surface area contributed by atoms with Gasteiger partial charge in [0, 0.05) is 30.4 Å². The second kappa shape index (κ2) is 8.02. The third-order valence-electron chi connectivity index (χ3n) is 4.38. The van der Waals surface area contributed by atoms with Crippen LogP contribution >= 0.6 is 0 Å². The van der Waals surface area contributed by atoms with Gasteiger partial charge in [-0.25, -0.2) is 8.78 Å². The zero-order valence-electron chi connectivity index (χ0n) is 15.2. The number of nitrogens with zero attached hydrogens (tertiary/aromatic N) is 2. The molecule has 5 nitrogen and oxygen atoms in total. The smallest absolute Gasteiger partial charge is 0.254 e. The maximum Gasteiger partial charge on any atom is 0.254 e. The first kappa shape index (κ1) is 18.5. The van der Waals surface area contributed by atoms with Gasteiger partial charge in [-0.15, -0.1) is 0 Å². The van der Waals surface area contributed by atoms with Gasteiger partial charge in [0.05, 0.1) is 16.8 Å². The molecular formula is C22H16F2N4O. The average Bonchev–Trinajstić information content (AvgIpc) is 3.12. The van der Waals surface area contributed by atoms with Crippen LogP contribution in [0.25, 0.3) is 23.1 Å². The van der Waals surface area contributed by atoms with E-state index in [1.54, 1.807) is 42.7 Å². The monoisotopic (exact) mass is 390 g/mol. The lowest BCUT2D eigenvalue weighted by Crippen LogP contribution is -2.23. The largest absolute Gasteiger partial charge is 0.348 e. The summed E-state index contributed by atoms with van der Waals surface area (Å²) in [5.74, 6) is -1.52. The molecule has 0 aliphatic carbocycles. The van der Waals surface area contributed by atoms with Gasteiger partial charge in [-0.2, -0.15) is 5.10 Å². The van der Waals surface area contributed by atoms with E-state index < -0.39 is 11.7 Å². The van der Waals surface area contributed by atoms with Gasteiger partial charge >= 0.3 is 0 Å². The van der Waals surface area contributed by atoms with E-state index in [0.29, 0.717) is 22.2 Å². The summed E-state index contributed by atoms with van der Waals surface area (Å²) in [6, 6.07) is 12.4. The van der Waals surface area contributed by atoms with Gasteiger partial charge < -0.3 is 5.32 Å². The fourth-order valence-corrected chi connectivity index (χ4v) is 2.93. The van der Waals surface area contributed by atoms with Crippen LogP contribution in [0, 0.1) is 11.6 Å². The first-order valence-electron chi connectivity index (χ1n) is 8.88. The van der Waals surface area contributed by atoms with Crippen molar-refractivity contribution in [2.24, 2.45) is 0 Å². The number of nitrogens with one attached hydrogen (secondary N) is 2. The Morgan fingerprint density at radius 2 is 2.00 bits per heavy atom. The highest BCUT2D eigenvalue weighted by molar-refractivity contribution is 6.00. The summed E-state index contributed by atoms with van der Waals surface area (Å²) >= 11 is 0. The Kier molecular flexibility index (Phi) is 5.11. The number of amides is 1. The maximum absolute atomic E-state index is 14.4. The van der Waals surface area contributed by atoms with Gasteiger partial charge in [0.25, 0.3) is 5.91 Å². The zero-order chi connectivity index (χ0) is 20.2. The number of aromatic nitrogens is 3. The number of benzene rings is 2. The van der Waals surface area contributed by atoms with E-state index in [2.05, 4.69) is 20.5 Å². The SMILES string of the molecule is O=C(NCc1cccnc1)c1cc2c(/C=C/c3cccc(F)c3)n[nH]c2cc1F. The van der Waals surface area contributed by atoms with Crippen molar-refractivity contribution in [1.82, 2.24) is 20.5 Å². The Morgan fingerprint density at radius 3 is 2.79 bits per heavy atom. The minimum absolute atomic E-state index is 0.0804. The molecule has 0 radical (unpaired) electrons. The molecule has 0 saturated carbocycles. The molecule has 0 fully saturated rings. The first-order chi connectivity index (χ1) is 14.1. The number of halogens is 2. The molecule has 1 amide bonds. The highest BCUT2D eigenvalue weighted by atomic mass is 19.1. The Labute approximate surface area is 165 Å². The number of hydrogen-bond acceptors (Lipinski definition) is 3. The number of H-pyrrole nitrogens is 1. The van der Waals surface area contributed by atoms with E-state index >= 15 is 0 Å². The van der Waals surface area contributed by atoms with Crippen molar-refractivity contribution in [3.63, 3.8) is 0 Å². The van der Waals surface area contributed by atoms with Crippen molar-refractivity contribution in [3.05, 3.63) is 94.9 Å². The minimum Gasteiger partial charge on any atom is -0.348 e. The van der Waals surface area contributed by atoms with Crippen LogP contribution in [-0.4, -0.2) is 21.1 Å². The normalized spacial score (nSPS) is 11.2. The van der Waals surface area contributed by atoms with Gasteiger partial charge in [0.2, 0.25) is 0 Å². The van der Waals surface area contributed by atoms with E-state index in [9.17, 15) is 13.6 Å². The van der Waals surface area contributed by atoms with Crippen molar-refractivity contribution in [1.29, 1.82) is 0 Å². The molecule has 2 aromatic carbocycles. The van der Waals surface area contributed by atoms with E-state index in [1.165, 1.54) is 24.3 Å². The summed E-state index contributed by atoms with van der Waals surface area (Å²) in [6.45, 7) is 0.238. The van der Waals surface area contributed by atoms with E-state index in [4.69, 9.17) is 0 Å². The Bertz CT molecular complexity index is 1200. The van der Waals surface area contributed by atoms with Gasteiger partial charge in [0.1, 0.15) is 11.6 Å². The molecule has 0 atom stereocenters. The molecule has 4 rings (SSSR count). The molecule has 0 aliphatic heterocycles. The standard InChI is InChI=1S/C22H16F2N4O/c23-16-5-1-3-14(9-16)6-7-20-18-10-17(19(24)11-21(18)28-27-20)22(29)26-13-15-4-2-8-25-12-15/h1-12H,13H2,(H,26,29)(H,27,28)/b7-6+. The van der Waals surface area contributed by atoms with Crippen LogP contribution < -0.4 is 5.32 Å². The number of pyridine rings is 1. The minimum atomic E-state index is -0.648.